The van der Waals surface area contributed by atoms with E-state index >= 15 is 0 Å². The molecule has 1 rings (SSSR count). The number of aliphatic hydroxyl groups excluding tert-OH is 1. The van der Waals surface area contributed by atoms with E-state index < -0.39 is 35.8 Å². The monoisotopic (exact) mass is 319 g/mol. The van der Waals surface area contributed by atoms with Crippen molar-refractivity contribution in [1.29, 1.82) is 0 Å². The number of carbonyl (C=O) groups is 2. The number of carbonyl (C=O) groups excluding carboxylic acids is 2. The molecule has 2 N–H and O–H groups in total. The van der Waals surface area contributed by atoms with Gasteiger partial charge < -0.3 is 15.2 Å². The van der Waals surface area contributed by atoms with E-state index in [2.05, 4.69) is 10.1 Å². The number of halogens is 3. The van der Waals surface area contributed by atoms with E-state index in [-0.39, 0.29) is 12.0 Å². The lowest BCUT2D eigenvalue weighted by atomic mass is 10.1. The summed E-state index contributed by atoms with van der Waals surface area (Å²) in [6, 6.07) is 2.62. The molecule has 0 unspecified atom stereocenters. The van der Waals surface area contributed by atoms with Crippen molar-refractivity contribution >= 4 is 11.9 Å². The van der Waals surface area contributed by atoms with Gasteiger partial charge in [-0.05, 0) is 24.1 Å². The standard InChI is InChI=1S/C14H16F3NO4/c1-3-10(13(21)22-2)18-12(20)11(19)8-4-6-9(7-5-8)14(15,16)17/h4-7,10-11,19H,3H2,1-2H3,(H,18,20)/t10-,11-/m1/s1. The molecule has 1 aromatic carbocycles. The van der Waals surface area contributed by atoms with Crippen LogP contribution in [-0.4, -0.2) is 30.1 Å². The highest BCUT2D eigenvalue weighted by molar-refractivity contribution is 5.87. The molecule has 1 amide bonds. The van der Waals surface area contributed by atoms with Crippen molar-refractivity contribution in [1.82, 2.24) is 5.32 Å². The number of hydrogen-bond acceptors (Lipinski definition) is 4. The fraction of sp³-hybridized carbons (Fsp3) is 0.429. The predicted octanol–water partition coefficient (Wildman–Crippen LogP) is 1.81. The number of hydrogen-bond donors (Lipinski definition) is 2. The molecule has 5 nitrogen and oxygen atoms in total. The smallest absolute Gasteiger partial charge is 0.416 e. The Morgan fingerprint density at radius 2 is 1.82 bits per heavy atom. The molecule has 0 fully saturated rings. The largest absolute Gasteiger partial charge is 0.467 e. The Labute approximate surface area is 125 Å². The molecule has 122 valence electrons. The minimum atomic E-state index is -4.50. The topological polar surface area (TPSA) is 75.6 Å². The summed E-state index contributed by atoms with van der Waals surface area (Å²) in [6.07, 6.45) is -5.93. The van der Waals surface area contributed by atoms with Crippen LogP contribution in [0.2, 0.25) is 0 Å². The van der Waals surface area contributed by atoms with E-state index in [9.17, 15) is 27.9 Å². The minimum Gasteiger partial charge on any atom is -0.467 e. The van der Waals surface area contributed by atoms with Crippen LogP contribution >= 0.6 is 0 Å². The number of aliphatic hydroxyl groups is 1. The van der Waals surface area contributed by atoms with Gasteiger partial charge in [0.2, 0.25) is 0 Å². The van der Waals surface area contributed by atoms with Crippen molar-refractivity contribution in [2.45, 2.75) is 31.7 Å². The number of nitrogens with one attached hydrogen (secondary N) is 1. The summed E-state index contributed by atoms with van der Waals surface area (Å²) in [5, 5.41) is 12.1. The first-order valence-corrected chi connectivity index (χ1v) is 6.44. The number of esters is 1. The maximum absolute atomic E-state index is 12.4. The van der Waals surface area contributed by atoms with Gasteiger partial charge in [-0.15, -0.1) is 0 Å². The van der Waals surface area contributed by atoms with E-state index in [1.807, 2.05) is 0 Å². The van der Waals surface area contributed by atoms with Crippen molar-refractivity contribution in [2.75, 3.05) is 7.11 Å². The lowest BCUT2D eigenvalue weighted by molar-refractivity contribution is -0.146. The first-order valence-electron chi connectivity index (χ1n) is 6.44. The fourth-order valence-electron chi connectivity index (χ4n) is 1.73. The second kappa shape index (κ2) is 7.26. The summed E-state index contributed by atoms with van der Waals surface area (Å²) in [5.41, 5.74) is -0.893. The van der Waals surface area contributed by atoms with E-state index in [4.69, 9.17) is 0 Å². The third kappa shape index (κ3) is 4.45. The van der Waals surface area contributed by atoms with Gasteiger partial charge in [-0.25, -0.2) is 4.79 Å². The summed E-state index contributed by atoms with van der Waals surface area (Å²) < 4.78 is 41.8. The first kappa shape index (κ1) is 18.0. The molecule has 0 bridgehead atoms. The molecule has 0 heterocycles. The normalized spacial score (nSPS) is 14.1. The third-order valence-electron chi connectivity index (χ3n) is 3.01. The van der Waals surface area contributed by atoms with Crippen LogP contribution in [0.1, 0.15) is 30.6 Å². The van der Waals surface area contributed by atoms with Gasteiger partial charge in [0.25, 0.3) is 5.91 Å². The van der Waals surface area contributed by atoms with Crippen LogP contribution in [0.25, 0.3) is 0 Å². The number of rotatable bonds is 5. The molecule has 0 spiro atoms. The van der Waals surface area contributed by atoms with Crippen LogP contribution in [0, 0.1) is 0 Å². The van der Waals surface area contributed by atoms with Crippen LogP contribution in [0.4, 0.5) is 13.2 Å². The molecule has 2 atom stereocenters. The van der Waals surface area contributed by atoms with Gasteiger partial charge in [0.05, 0.1) is 12.7 Å². The highest BCUT2D eigenvalue weighted by Gasteiger charge is 2.31. The molecule has 0 aliphatic carbocycles. The summed E-state index contributed by atoms with van der Waals surface area (Å²) in [4.78, 5) is 23.2. The van der Waals surface area contributed by atoms with E-state index in [0.717, 1.165) is 31.4 Å². The Morgan fingerprint density at radius 1 is 1.27 bits per heavy atom. The average molecular weight is 319 g/mol. The van der Waals surface area contributed by atoms with E-state index in [0.29, 0.717) is 0 Å². The van der Waals surface area contributed by atoms with E-state index in [1.165, 1.54) is 0 Å². The summed E-state index contributed by atoms with van der Waals surface area (Å²) in [7, 11) is 1.16. The van der Waals surface area contributed by atoms with Gasteiger partial charge in [-0.3, -0.25) is 4.79 Å². The molecule has 0 saturated carbocycles. The second-order valence-corrected chi connectivity index (χ2v) is 4.51. The lowest BCUT2D eigenvalue weighted by Crippen LogP contribution is -2.43. The molecule has 1 aromatic rings. The quantitative estimate of drug-likeness (QED) is 0.812. The zero-order valence-corrected chi connectivity index (χ0v) is 12.0. The van der Waals surface area contributed by atoms with Crippen molar-refractivity contribution in [3.63, 3.8) is 0 Å². The molecular formula is C14H16F3NO4. The molecule has 0 aliphatic rings. The Bertz CT molecular complexity index is 528. The summed E-state index contributed by atoms with van der Waals surface area (Å²) in [6.45, 7) is 1.63. The zero-order chi connectivity index (χ0) is 16.9. The maximum atomic E-state index is 12.4. The zero-order valence-electron chi connectivity index (χ0n) is 12.0. The van der Waals surface area contributed by atoms with Gasteiger partial charge >= 0.3 is 12.1 Å². The van der Waals surface area contributed by atoms with Crippen LogP contribution in [0.3, 0.4) is 0 Å². The number of alkyl halides is 3. The first-order chi connectivity index (χ1) is 10.2. The number of benzene rings is 1. The predicted molar refractivity (Wildman–Crippen MR) is 70.6 cm³/mol. The van der Waals surface area contributed by atoms with Crippen LogP contribution in [-0.2, 0) is 20.5 Å². The Balaban J connectivity index is 2.80. The molecule has 8 heteroatoms. The number of amides is 1. The Morgan fingerprint density at radius 3 is 2.23 bits per heavy atom. The third-order valence-corrected chi connectivity index (χ3v) is 3.01. The van der Waals surface area contributed by atoms with Crippen molar-refractivity contribution in [3.05, 3.63) is 35.4 Å². The van der Waals surface area contributed by atoms with Gasteiger partial charge in [0, 0.05) is 0 Å². The molecule has 0 aromatic heterocycles. The van der Waals surface area contributed by atoms with Crippen molar-refractivity contribution < 1.29 is 32.6 Å². The van der Waals surface area contributed by atoms with Gasteiger partial charge in [-0.2, -0.15) is 13.2 Å². The van der Waals surface area contributed by atoms with Crippen LogP contribution in [0.5, 0.6) is 0 Å². The lowest BCUT2D eigenvalue weighted by Gasteiger charge is -2.17. The molecule has 0 aliphatic heterocycles. The molecule has 0 radical (unpaired) electrons. The van der Waals surface area contributed by atoms with Crippen molar-refractivity contribution in [3.8, 4) is 0 Å². The van der Waals surface area contributed by atoms with Crippen LogP contribution < -0.4 is 5.32 Å². The molecule has 0 saturated heterocycles. The minimum absolute atomic E-state index is 0.00906. The summed E-state index contributed by atoms with van der Waals surface area (Å²) >= 11 is 0. The SMILES string of the molecule is CC[C@@H](NC(=O)[C@H](O)c1ccc(C(F)(F)F)cc1)C(=O)OC. The van der Waals surface area contributed by atoms with Gasteiger partial charge in [0.1, 0.15) is 6.04 Å². The van der Waals surface area contributed by atoms with Gasteiger partial charge in [-0.1, -0.05) is 19.1 Å². The fourth-order valence-corrected chi connectivity index (χ4v) is 1.73. The maximum Gasteiger partial charge on any atom is 0.416 e. The van der Waals surface area contributed by atoms with Crippen molar-refractivity contribution in [2.24, 2.45) is 0 Å². The second-order valence-electron chi connectivity index (χ2n) is 4.51. The van der Waals surface area contributed by atoms with E-state index in [1.54, 1.807) is 6.92 Å². The summed E-state index contributed by atoms with van der Waals surface area (Å²) in [5.74, 6) is -1.56. The molecule has 22 heavy (non-hydrogen) atoms. The van der Waals surface area contributed by atoms with Crippen LogP contribution in [0.15, 0.2) is 24.3 Å². The Hall–Kier alpha value is -2.09. The average Bonchev–Trinajstić information content (AvgIpc) is 2.50. The highest BCUT2D eigenvalue weighted by atomic mass is 19.4. The highest BCUT2D eigenvalue weighted by Crippen LogP contribution is 2.29. The molecular weight excluding hydrogens is 303 g/mol. The Kier molecular flexibility index (Phi) is 5.92. The van der Waals surface area contributed by atoms with Gasteiger partial charge in [0.15, 0.2) is 6.10 Å². The number of ether oxygens (including phenoxy) is 1. The number of methoxy groups -OCH3 is 1.